The maximum Gasteiger partial charge on any atom is 0.143 e. The fourth-order valence-corrected chi connectivity index (χ4v) is 6.86. The summed E-state index contributed by atoms with van der Waals surface area (Å²) in [5, 5.41) is 5.29. The monoisotopic (exact) mass is 608 g/mol. The van der Waals surface area contributed by atoms with Gasteiger partial charge in [0.1, 0.15) is 22.3 Å². The number of para-hydroxylation sites is 2. The van der Waals surface area contributed by atoms with Crippen LogP contribution in [0.15, 0.2) is 172 Å². The standard InChI is InChI=1S/C44H27NO2/c1-3-16-32-28(11-1)13-8-21-38(32)45(39-22-10-24-41-42(39)37-26-25-29-12-2-4-17-33(29)44(37)47-41)31-15-7-14-30(27-31)34-19-9-20-36-35-18-5-6-23-40(35)46-43(34)36/h1-27H/i1D,3D,8D,11D,13D,16D,21D. The first-order valence-corrected chi connectivity index (χ1v) is 15.4. The Bertz CT molecular complexity index is 3210. The van der Waals surface area contributed by atoms with Gasteiger partial charge in [0.2, 0.25) is 0 Å². The molecule has 0 spiro atoms. The van der Waals surface area contributed by atoms with E-state index in [0.29, 0.717) is 28.1 Å². The Kier molecular flexibility index (Phi) is 4.28. The highest BCUT2D eigenvalue weighted by Crippen LogP contribution is 2.47. The van der Waals surface area contributed by atoms with Crippen LogP contribution in [0.5, 0.6) is 0 Å². The lowest BCUT2D eigenvalue weighted by Gasteiger charge is -2.28. The number of hydrogen-bond donors (Lipinski definition) is 0. The first-order chi connectivity index (χ1) is 26.2. The van der Waals surface area contributed by atoms with Crippen molar-refractivity contribution in [3.05, 3.63) is 164 Å². The summed E-state index contributed by atoms with van der Waals surface area (Å²) in [4.78, 5) is 1.78. The predicted molar refractivity (Wildman–Crippen MR) is 196 cm³/mol. The summed E-state index contributed by atoms with van der Waals surface area (Å²) in [5.41, 5.74) is 5.56. The summed E-state index contributed by atoms with van der Waals surface area (Å²) in [6, 6.07) is 36.1. The first-order valence-electron chi connectivity index (χ1n) is 18.9. The van der Waals surface area contributed by atoms with Gasteiger partial charge in [0.25, 0.3) is 0 Å². The van der Waals surface area contributed by atoms with E-state index in [2.05, 4.69) is 0 Å². The quantitative estimate of drug-likeness (QED) is 0.199. The molecule has 0 aliphatic heterocycles. The Balaban J connectivity index is 1.34. The van der Waals surface area contributed by atoms with E-state index < -0.39 is 36.3 Å². The van der Waals surface area contributed by atoms with Crippen LogP contribution < -0.4 is 4.90 Å². The average Bonchev–Trinajstić information content (AvgIpc) is 3.79. The fraction of sp³-hybridized carbons (Fsp3) is 0. The molecule has 0 amide bonds. The van der Waals surface area contributed by atoms with Crippen LogP contribution in [0.1, 0.15) is 9.60 Å². The predicted octanol–water partition coefficient (Wildman–Crippen LogP) is 12.9. The lowest BCUT2D eigenvalue weighted by molar-refractivity contribution is 0.670. The number of anilines is 3. The summed E-state index contributed by atoms with van der Waals surface area (Å²) in [6.07, 6.45) is 0. The van der Waals surface area contributed by atoms with Gasteiger partial charge in [-0.05, 0) is 58.8 Å². The number of benzene rings is 8. The Morgan fingerprint density at radius 2 is 1.23 bits per heavy atom. The van der Waals surface area contributed by atoms with Crippen molar-refractivity contribution in [1.82, 2.24) is 0 Å². The van der Waals surface area contributed by atoms with Crippen LogP contribution in [-0.4, -0.2) is 0 Å². The van der Waals surface area contributed by atoms with Gasteiger partial charge in [0, 0.05) is 38.2 Å². The zero-order valence-corrected chi connectivity index (χ0v) is 24.8. The van der Waals surface area contributed by atoms with E-state index in [1.54, 1.807) is 4.90 Å². The Hall–Kier alpha value is -6.32. The van der Waals surface area contributed by atoms with E-state index in [1.165, 1.54) is 0 Å². The molecule has 3 nitrogen and oxygen atoms in total. The molecule has 47 heavy (non-hydrogen) atoms. The van der Waals surface area contributed by atoms with Gasteiger partial charge in [-0.1, -0.05) is 121 Å². The molecule has 0 unspecified atom stereocenters. The van der Waals surface area contributed by atoms with Crippen molar-refractivity contribution in [3.8, 4) is 11.1 Å². The highest BCUT2D eigenvalue weighted by Gasteiger charge is 2.22. The van der Waals surface area contributed by atoms with E-state index in [0.717, 1.165) is 49.0 Å². The second kappa shape index (κ2) is 10.1. The maximum absolute atomic E-state index is 9.43. The molecule has 0 fully saturated rings. The van der Waals surface area contributed by atoms with Gasteiger partial charge in [-0.15, -0.1) is 0 Å². The van der Waals surface area contributed by atoms with Gasteiger partial charge in [-0.2, -0.15) is 0 Å². The summed E-state index contributed by atoms with van der Waals surface area (Å²) >= 11 is 0. The molecular formula is C44H27NO2. The lowest BCUT2D eigenvalue weighted by Crippen LogP contribution is -2.11. The first kappa shape index (κ1) is 19.9. The second-order valence-corrected chi connectivity index (χ2v) is 11.6. The summed E-state index contributed by atoms with van der Waals surface area (Å²) in [6.45, 7) is 0. The molecule has 0 radical (unpaired) electrons. The van der Waals surface area contributed by atoms with E-state index in [1.807, 2.05) is 121 Å². The number of hydrogen-bond acceptors (Lipinski definition) is 3. The Labute approximate surface area is 280 Å². The number of fused-ring (bicyclic) bond motifs is 9. The van der Waals surface area contributed by atoms with Gasteiger partial charge < -0.3 is 13.7 Å². The van der Waals surface area contributed by atoms with Crippen LogP contribution in [0.2, 0.25) is 0 Å². The number of rotatable bonds is 4. The molecule has 0 saturated carbocycles. The third-order valence-corrected chi connectivity index (χ3v) is 8.94. The third-order valence-electron chi connectivity index (χ3n) is 8.94. The fourth-order valence-electron chi connectivity index (χ4n) is 6.86. The minimum Gasteiger partial charge on any atom is -0.455 e. The molecule has 0 aliphatic rings. The topological polar surface area (TPSA) is 29.5 Å². The van der Waals surface area contributed by atoms with Crippen LogP contribution in [0.3, 0.4) is 0 Å². The largest absolute Gasteiger partial charge is 0.455 e. The van der Waals surface area contributed by atoms with Crippen molar-refractivity contribution in [2.45, 2.75) is 0 Å². The smallest absolute Gasteiger partial charge is 0.143 e. The molecule has 0 bridgehead atoms. The molecule has 10 aromatic rings. The van der Waals surface area contributed by atoms with Crippen LogP contribution in [-0.2, 0) is 0 Å². The van der Waals surface area contributed by atoms with Crippen molar-refractivity contribution in [2.75, 3.05) is 4.90 Å². The second-order valence-electron chi connectivity index (χ2n) is 11.6. The van der Waals surface area contributed by atoms with E-state index in [9.17, 15) is 1.37 Å². The van der Waals surface area contributed by atoms with Crippen LogP contribution in [0.25, 0.3) is 76.5 Å². The van der Waals surface area contributed by atoms with Crippen LogP contribution in [0.4, 0.5) is 17.1 Å². The molecule has 0 aliphatic carbocycles. The van der Waals surface area contributed by atoms with Crippen molar-refractivity contribution >= 4 is 82.5 Å². The van der Waals surface area contributed by atoms with E-state index >= 15 is 0 Å². The van der Waals surface area contributed by atoms with Crippen molar-refractivity contribution in [3.63, 3.8) is 0 Å². The molecule has 0 N–H and O–H groups in total. The maximum atomic E-state index is 9.43. The number of furan rings is 2. The Morgan fingerprint density at radius 3 is 2.21 bits per heavy atom. The molecular weight excluding hydrogens is 574 g/mol. The summed E-state index contributed by atoms with van der Waals surface area (Å²) < 4.78 is 75.3. The normalized spacial score (nSPS) is 13.9. The highest BCUT2D eigenvalue weighted by molar-refractivity contribution is 6.20. The molecule has 10 rings (SSSR count). The molecule has 0 atom stereocenters. The van der Waals surface area contributed by atoms with Crippen molar-refractivity contribution in [1.29, 1.82) is 0 Å². The van der Waals surface area contributed by atoms with Crippen LogP contribution in [0, 0.1) is 0 Å². The number of nitrogens with zero attached hydrogens (tertiary/aromatic N) is 1. The Morgan fingerprint density at radius 1 is 0.468 bits per heavy atom. The zero-order valence-electron chi connectivity index (χ0n) is 31.8. The molecule has 2 aromatic heterocycles. The van der Waals surface area contributed by atoms with Crippen molar-refractivity contribution < 1.29 is 18.4 Å². The molecule has 2 heterocycles. The van der Waals surface area contributed by atoms with Gasteiger partial charge in [-0.25, -0.2) is 0 Å². The van der Waals surface area contributed by atoms with Gasteiger partial charge >= 0.3 is 0 Å². The van der Waals surface area contributed by atoms with Gasteiger partial charge in [0.05, 0.1) is 26.4 Å². The minimum atomic E-state index is -0.508. The summed E-state index contributed by atoms with van der Waals surface area (Å²) in [5.74, 6) is 0. The molecule has 8 aromatic carbocycles. The molecule has 220 valence electrons. The van der Waals surface area contributed by atoms with Gasteiger partial charge in [-0.3, -0.25) is 0 Å². The minimum absolute atomic E-state index is 0.0213. The summed E-state index contributed by atoms with van der Waals surface area (Å²) in [7, 11) is 0. The highest BCUT2D eigenvalue weighted by atomic mass is 16.3. The van der Waals surface area contributed by atoms with E-state index in [-0.39, 0.29) is 22.5 Å². The zero-order chi connectivity index (χ0) is 37.0. The van der Waals surface area contributed by atoms with E-state index in [4.69, 9.17) is 17.1 Å². The van der Waals surface area contributed by atoms with Crippen molar-refractivity contribution in [2.24, 2.45) is 0 Å². The molecule has 0 saturated heterocycles. The SMILES string of the molecule is [2H]c1c([2H])c([2H])c2c(N(c3cccc(-c4cccc5c4oc4ccccc45)c3)c3cccc4oc5c6ccccc6ccc5c34)c([2H])c([2H])c([2H])c2c1[2H]. The third kappa shape index (κ3) is 3.93. The lowest BCUT2D eigenvalue weighted by atomic mass is 10.00. The molecule has 3 heteroatoms. The van der Waals surface area contributed by atoms with Gasteiger partial charge in [0.15, 0.2) is 0 Å². The average molecular weight is 609 g/mol. The van der Waals surface area contributed by atoms with Crippen LogP contribution >= 0.6 is 0 Å².